The monoisotopic (exact) mass is 284 g/mol. The Morgan fingerprint density at radius 3 is 2.53 bits per heavy atom. The van der Waals surface area contributed by atoms with Crippen LogP contribution in [0.2, 0.25) is 5.15 Å². The molecule has 0 saturated heterocycles. The number of nitrogens with zero attached hydrogens (tertiary/aromatic N) is 2. The van der Waals surface area contributed by atoms with Crippen molar-refractivity contribution in [1.29, 1.82) is 0 Å². The van der Waals surface area contributed by atoms with Crippen LogP contribution in [0.5, 0.6) is 0 Å². The van der Waals surface area contributed by atoms with E-state index in [9.17, 15) is 9.90 Å². The topological polar surface area (TPSA) is 53.4 Å². The highest BCUT2D eigenvalue weighted by Crippen LogP contribution is 2.21. The average molecular weight is 285 g/mol. The number of hydrogen-bond acceptors (Lipinski definition) is 3. The van der Waals surface area contributed by atoms with Gasteiger partial charge in [-0.25, -0.2) is 4.98 Å². The van der Waals surface area contributed by atoms with Gasteiger partial charge in [0, 0.05) is 18.3 Å². The van der Waals surface area contributed by atoms with Crippen LogP contribution in [0.4, 0.5) is 0 Å². The Kier molecular flexibility index (Phi) is 4.93. The summed E-state index contributed by atoms with van der Waals surface area (Å²) in [6.45, 7) is 7.49. The van der Waals surface area contributed by atoms with Crippen molar-refractivity contribution in [2.45, 2.75) is 39.2 Å². The second-order valence-corrected chi connectivity index (χ2v) is 5.98. The first-order valence-electron chi connectivity index (χ1n) is 6.25. The Hall–Kier alpha value is -1.13. The fraction of sp³-hybridized carbons (Fsp3) is 0.571. The summed E-state index contributed by atoms with van der Waals surface area (Å²) >= 11 is 5.96. The Balaban J connectivity index is 3.13. The molecule has 0 saturated carbocycles. The van der Waals surface area contributed by atoms with Gasteiger partial charge < -0.3 is 10.0 Å². The zero-order valence-electron chi connectivity index (χ0n) is 12.1. The summed E-state index contributed by atoms with van der Waals surface area (Å²) in [7, 11) is 1.67. The van der Waals surface area contributed by atoms with E-state index < -0.39 is 5.54 Å². The molecule has 1 N–H and O–H groups in total. The smallest absolute Gasteiger partial charge is 0.254 e. The minimum atomic E-state index is -0.620. The van der Waals surface area contributed by atoms with Crippen LogP contribution in [0.3, 0.4) is 0 Å². The first-order valence-corrected chi connectivity index (χ1v) is 6.63. The van der Waals surface area contributed by atoms with Crippen molar-refractivity contribution >= 4 is 17.5 Å². The van der Waals surface area contributed by atoms with Crippen molar-refractivity contribution < 1.29 is 9.90 Å². The van der Waals surface area contributed by atoms with Gasteiger partial charge in [-0.3, -0.25) is 4.79 Å². The van der Waals surface area contributed by atoms with Crippen molar-refractivity contribution in [2.24, 2.45) is 0 Å². The number of pyridine rings is 1. The van der Waals surface area contributed by atoms with E-state index in [1.165, 1.54) is 4.90 Å². The fourth-order valence-corrected chi connectivity index (χ4v) is 1.73. The van der Waals surface area contributed by atoms with Crippen molar-refractivity contribution in [1.82, 2.24) is 9.88 Å². The molecule has 0 aliphatic carbocycles. The minimum Gasteiger partial charge on any atom is -0.394 e. The van der Waals surface area contributed by atoms with Crippen LogP contribution in [-0.2, 0) is 0 Å². The molecule has 0 aromatic carbocycles. The molecule has 1 aromatic heterocycles. The number of aliphatic hydroxyl groups excluding tert-OH is 1. The SMILES string of the molecule is CC(C)c1cc(C(=O)N(C)C(C)(C)CO)cc(Cl)n1. The van der Waals surface area contributed by atoms with Gasteiger partial charge in [-0.05, 0) is 31.9 Å². The van der Waals surface area contributed by atoms with Crippen LogP contribution in [0.1, 0.15) is 49.7 Å². The van der Waals surface area contributed by atoms with Gasteiger partial charge in [0.15, 0.2) is 0 Å². The van der Waals surface area contributed by atoms with Gasteiger partial charge in [0.05, 0.1) is 12.1 Å². The summed E-state index contributed by atoms with van der Waals surface area (Å²) in [6.07, 6.45) is 0. The molecule has 0 radical (unpaired) electrons. The summed E-state index contributed by atoms with van der Waals surface area (Å²) in [6, 6.07) is 3.31. The van der Waals surface area contributed by atoms with Gasteiger partial charge in [0.25, 0.3) is 5.91 Å². The standard InChI is InChI=1S/C14H21ClN2O2/c1-9(2)11-6-10(7-12(15)16-11)13(19)17(5)14(3,4)8-18/h6-7,9,18H,8H2,1-5H3. The van der Waals surface area contributed by atoms with E-state index >= 15 is 0 Å². The predicted octanol–water partition coefficient (Wildman–Crippen LogP) is 2.70. The third kappa shape index (κ3) is 3.67. The highest BCUT2D eigenvalue weighted by atomic mass is 35.5. The lowest BCUT2D eigenvalue weighted by Gasteiger charge is -2.34. The summed E-state index contributed by atoms with van der Waals surface area (Å²) in [5, 5.41) is 9.64. The molecular weight excluding hydrogens is 264 g/mol. The summed E-state index contributed by atoms with van der Waals surface area (Å²) in [5.41, 5.74) is 0.656. The lowest BCUT2D eigenvalue weighted by Crippen LogP contribution is -2.47. The third-order valence-electron chi connectivity index (χ3n) is 3.25. The number of aliphatic hydroxyl groups is 1. The largest absolute Gasteiger partial charge is 0.394 e. The van der Waals surface area contributed by atoms with Gasteiger partial charge in [0.2, 0.25) is 0 Å². The van der Waals surface area contributed by atoms with E-state index in [4.69, 9.17) is 11.6 Å². The zero-order chi connectivity index (χ0) is 14.8. The van der Waals surface area contributed by atoms with Crippen molar-refractivity contribution in [3.05, 3.63) is 28.5 Å². The van der Waals surface area contributed by atoms with Crippen molar-refractivity contribution in [3.8, 4) is 0 Å². The number of hydrogen-bond donors (Lipinski definition) is 1. The molecule has 106 valence electrons. The number of carbonyl (C=O) groups is 1. The zero-order valence-corrected chi connectivity index (χ0v) is 12.8. The molecule has 1 rings (SSSR count). The van der Waals surface area contributed by atoms with Crippen molar-refractivity contribution in [2.75, 3.05) is 13.7 Å². The van der Waals surface area contributed by atoms with E-state index in [1.54, 1.807) is 33.0 Å². The normalized spacial score (nSPS) is 11.8. The molecule has 0 fully saturated rings. The number of aromatic nitrogens is 1. The second-order valence-electron chi connectivity index (χ2n) is 5.59. The Bertz CT molecular complexity index is 473. The number of carbonyl (C=O) groups excluding carboxylic acids is 1. The minimum absolute atomic E-state index is 0.106. The molecule has 1 amide bonds. The van der Waals surface area contributed by atoms with E-state index in [-0.39, 0.29) is 18.4 Å². The quantitative estimate of drug-likeness (QED) is 0.865. The molecule has 5 heteroatoms. The lowest BCUT2D eigenvalue weighted by atomic mass is 10.0. The third-order valence-corrected chi connectivity index (χ3v) is 3.45. The molecule has 0 atom stereocenters. The fourth-order valence-electron chi connectivity index (χ4n) is 1.51. The Morgan fingerprint density at radius 1 is 1.47 bits per heavy atom. The van der Waals surface area contributed by atoms with E-state index in [2.05, 4.69) is 4.98 Å². The molecular formula is C14H21ClN2O2. The first-order chi connectivity index (χ1) is 8.69. The van der Waals surface area contributed by atoms with Crippen LogP contribution >= 0.6 is 11.6 Å². The predicted molar refractivity (Wildman–Crippen MR) is 76.6 cm³/mol. The Morgan fingerprint density at radius 2 is 2.05 bits per heavy atom. The molecule has 0 unspecified atom stereocenters. The molecule has 1 heterocycles. The van der Waals surface area contributed by atoms with Gasteiger partial charge in [-0.2, -0.15) is 0 Å². The van der Waals surface area contributed by atoms with Crippen LogP contribution in [0, 0.1) is 0 Å². The maximum atomic E-state index is 12.4. The number of likely N-dealkylation sites (N-methyl/N-ethyl adjacent to an activating group) is 1. The first kappa shape index (κ1) is 15.9. The average Bonchev–Trinajstić information content (AvgIpc) is 2.36. The maximum Gasteiger partial charge on any atom is 0.254 e. The van der Waals surface area contributed by atoms with Crippen molar-refractivity contribution in [3.63, 3.8) is 0 Å². The van der Waals surface area contributed by atoms with Gasteiger partial charge >= 0.3 is 0 Å². The van der Waals surface area contributed by atoms with Gasteiger partial charge in [-0.1, -0.05) is 25.4 Å². The van der Waals surface area contributed by atoms with Crippen LogP contribution in [0.25, 0.3) is 0 Å². The van der Waals surface area contributed by atoms with Gasteiger partial charge in [-0.15, -0.1) is 0 Å². The van der Waals surface area contributed by atoms with E-state index in [0.717, 1.165) is 5.69 Å². The molecule has 1 aromatic rings. The molecule has 0 spiro atoms. The molecule has 0 aliphatic heterocycles. The number of rotatable bonds is 4. The highest BCUT2D eigenvalue weighted by Gasteiger charge is 2.28. The second kappa shape index (κ2) is 5.88. The summed E-state index contributed by atoms with van der Waals surface area (Å²) in [4.78, 5) is 18.1. The van der Waals surface area contributed by atoms with Gasteiger partial charge in [0.1, 0.15) is 5.15 Å². The van der Waals surface area contributed by atoms with E-state index in [1.807, 2.05) is 13.8 Å². The van der Waals surface area contributed by atoms with Crippen LogP contribution in [-0.4, -0.2) is 40.1 Å². The van der Waals surface area contributed by atoms with Crippen LogP contribution in [0.15, 0.2) is 12.1 Å². The van der Waals surface area contributed by atoms with E-state index in [0.29, 0.717) is 10.7 Å². The lowest BCUT2D eigenvalue weighted by molar-refractivity contribution is 0.0473. The Labute approximate surface area is 119 Å². The molecule has 19 heavy (non-hydrogen) atoms. The maximum absolute atomic E-state index is 12.4. The van der Waals surface area contributed by atoms with Crippen LogP contribution < -0.4 is 0 Å². The highest BCUT2D eigenvalue weighted by molar-refractivity contribution is 6.29. The summed E-state index contributed by atoms with van der Waals surface area (Å²) in [5.74, 6) is 0.0201. The molecule has 4 nitrogen and oxygen atoms in total. The molecule has 0 bridgehead atoms. The summed E-state index contributed by atoms with van der Waals surface area (Å²) < 4.78 is 0. The molecule has 0 aliphatic rings. The number of amides is 1. The number of halogens is 1.